The van der Waals surface area contributed by atoms with Crippen molar-refractivity contribution in [3.05, 3.63) is 10.3 Å². The Labute approximate surface area is 155 Å². The van der Waals surface area contributed by atoms with Crippen molar-refractivity contribution < 1.29 is 23.8 Å². The van der Waals surface area contributed by atoms with Gasteiger partial charge in [0, 0.05) is 37.2 Å². The lowest BCUT2D eigenvalue weighted by atomic mass is 9.73. The zero-order valence-corrected chi connectivity index (χ0v) is 15.5. The van der Waals surface area contributed by atoms with Crippen molar-refractivity contribution in [3.63, 3.8) is 0 Å². The Morgan fingerprint density at radius 3 is 3.08 bits per heavy atom. The lowest BCUT2D eigenvalue weighted by Gasteiger charge is -2.29. The normalized spacial score (nSPS) is 34.0. The van der Waals surface area contributed by atoms with Crippen molar-refractivity contribution in [2.24, 2.45) is 11.8 Å². The Morgan fingerprint density at radius 1 is 1.38 bits per heavy atom. The maximum Gasteiger partial charge on any atom is 0.268 e. The van der Waals surface area contributed by atoms with E-state index in [-0.39, 0.29) is 35.4 Å². The molecule has 8 heteroatoms. The molecule has 26 heavy (non-hydrogen) atoms. The smallest absolute Gasteiger partial charge is 0.268 e. The second-order valence-electron chi connectivity index (χ2n) is 7.61. The number of thiophene rings is 1. The van der Waals surface area contributed by atoms with E-state index in [0.717, 1.165) is 12.8 Å². The first-order valence-electron chi connectivity index (χ1n) is 9.16. The van der Waals surface area contributed by atoms with E-state index in [2.05, 4.69) is 5.32 Å². The van der Waals surface area contributed by atoms with Gasteiger partial charge in [-0.25, -0.2) is 0 Å². The monoisotopic (exact) mass is 378 g/mol. The summed E-state index contributed by atoms with van der Waals surface area (Å²) in [5.41, 5.74) is -0.238. The topological polar surface area (TPSA) is 77.1 Å². The lowest BCUT2D eigenvalue weighted by molar-refractivity contribution is -0.119. The van der Waals surface area contributed by atoms with Crippen LogP contribution in [-0.4, -0.2) is 61.3 Å². The molecule has 1 N–H and O–H groups in total. The van der Waals surface area contributed by atoms with Gasteiger partial charge in [-0.15, -0.1) is 11.3 Å². The first-order valence-corrected chi connectivity index (χ1v) is 10.0. The van der Waals surface area contributed by atoms with Crippen LogP contribution in [0.3, 0.4) is 0 Å². The molecule has 4 aliphatic rings. The number of amides is 2. The maximum absolute atomic E-state index is 13.1. The van der Waals surface area contributed by atoms with Gasteiger partial charge in [-0.05, 0) is 12.8 Å². The van der Waals surface area contributed by atoms with Crippen molar-refractivity contribution in [2.75, 3.05) is 32.8 Å². The average Bonchev–Trinajstić information content (AvgIpc) is 3.37. The van der Waals surface area contributed by atoms with Crippen LogP contribution in [0.1, 0.15) is 29.4 Å². The minimum atomic E-state index is -0.238. The zero-order valence-electron chi connectivity index (χ0n) is 14.7. The van der Waals surface area contributed by atoms with Crippen molar-refractivity contribution >= 4 is 23.2 Å². The van der Waals surface area contributed by atoms with E-state index in [1.54, 1.807) is 0 Å². The van der Waals surface area contributed by atoms with Crippen LogP contribution in [-0.2, 0) is 9.53 Å². The summed E-state index contributed by atoms with van der Waals surface area (Å²) in [5.74, 6) is 1.79. The standard InChI is InChI=1S/C18H22N2O5S/c1-10(21)19-6-11-12-7-20(9-18(12)3-2-13(11)25-18)17(22)16-15-14(8-26-16)23-4-5-24-15/h8,11-13H,2-7,9H2,1H3,(H,19,21)/t11-,12+,13+,18+/m0/s1. The molecule has 140 valence electrons. The molecule has 0 unspecified atom stereocenters. The SMILES string of the molecule is CC(=O)NC[C@H]1[C@H]2CN(C(=O)c3scc4c3OCCO4)C[C@]23CC[C@H]1O3. The predicted molar refractivity (Wildman–Crippen MR) is 93.7 cm³/mol. The number of hydrogen-bond acceptors (Lipinski definition) is 6. The molecule has 2 bridgehead atoms. The van der Waals surface area contributed by atoms with Gasteiger partial charge < -0.3 is 24.4 Å². The Hall–Kier alpha value is -1.80. The summed E-state index contributed by atoms with van der Waals surface area (Å²) in [7, 11) is 0. The van der Waals surface area contributed by atoms with Crippen molar-refractivity contribution in [1.82, 2.24) is 10.2 Å². The molecule has 1 aromatic heterocycles. The van der Waals surface area contributed by atoms with Crippen LogP contribution in [0.15, 0.2) is 5.38 Å². The van der Waals surface area contributed by atoms with E-state index in [1.165, 1.54) is 18.3 Å². The molecule has 0 saturated carbocycles. The van der Waals surface area contributed by atoms with E-state index in [4.69, 9.17) is 14.2 Å². The third-order valence-electron chi connectivity index (χ3n) is 6.15. The Bertz CT molecular complexity index is 765. The third-order valence-corrected chi connectivity index (χ3v) is 7.08. The minimum Gasteiger partial charge on any atom is -0.485 e. The molecule has 0 aromatic carbocycles. The van der Waals surface area contributed by atoms with E-state index >= 15 is 0 Å². The van der Waals surface area contributed by atoms with Gasteiger partial charge in [0.15, 0.2) is 11.5 Å². The van der Waals surface area contributed by atoms with Gasteiger partial charge in [0.1, 0.15) is 18.1 Å². The Morgan fingerprint density at radius 2 is 2.23 bits per heavy atom. The molecule has 2 amide bonds. The highest BCUT2D eigenvalue weighted by molar-refractivity contribution is 7.12. The molecular weight excluding hydrogens is 356 g/mol. The second kappa shape index (κ2) is 5.85. The number of fused-ring (bicyclic) bond motifs is 2. The summed E-state index contributed by atoms with van der Waals surface area (Å²) in [5, 5.41) is 4.78. The van der Waals surface area contributed by atoms with Crippen LogP contribution < -0.4 is 14.8 Å². The summed E-state index contributed by atoms with van der Waals surface area (Å²) in [6.07, 6.45) is 2.20. The Balaban J connectivity index is 1.36. The fourth-order valence-corrected chi connectivity index (χ4v) is 5.93. The van der Waals surface area contributed by atoms with Crippen LogP contribution >= 0.6 is 11.3 Å². The van der Waals surface area contributed by atoms with E-state index in [0.29, 0.717) is 49.2 Å². The van der Waals surface area contributed by atoms with Crippen LogP contribution in [0.4, 0.5) is 0 Å². The number of hydrogen-bond donors (Lipinski definition) is 1. The van der Waals surface area contributed by atoms with Gasteiger partial charge in [0.2, 0.25) is 5.91 Å². The van der Waals surface area contributed by atoms with Crippen LogP contribution in [0.2, 0.25) is 0 Å². The third kappa shape index (κ3) is 2.35. The predicted octanol–water partition coefficient (Wildman–Crippen LogP) is 1.27. The van der Waals surface area contributed by atoms with E-state index < -0.39 is 0 Å². The fraction of sp³-hybridized carbons (Fsp3) is 0.667. The molecule has 3 fully saturated rings. The molecule has 4 atom stereocenters. The number of nitrogens with zero attached hydrogens (tertiary/aromatic N) is 1. The van der Waals surface area contributed by atoms with Crippen molar-refractivity contribution in [1.29, 1.82) is 0 Å². The summed E-state index contributed by atoms with van der Waals surface area (Å²) in [6, 6.07) is 0. The Kier molecular flexibility index (Phi) is 3.69. The van der Waals surface area contributed by atoms with Gasteiger partial charge in [-0.1, -0.05) is 0 Å². The van der Waals surface area contributed by atoms with Crippen molar-refractivity contribution in [2.45, 2.75) is 31.5 Å². The number of carbonyl (C=O) groups is 2. The molecule has 5 rings (SSSR count). The quantitative estimate of drug-likeness (QED) is 0.857. The highest BCUT2D eigenvalue weighted by atomic mass is 32.1. The largest absolute Gasteiger partial charge is 0.485 e. The summed E-state index contributed by atoms with van der Waals surface area (Å²) in [4.78, 5) is 27.0. The van der Waals surface area contributed by atoms with Gasteiger partial charge in [-0.3, -0.25) is 9.59 Å². The van der Waals surface area contributed by atoms with E-state index in [9.17, 15) is 9.59 Å². The van der Waals surface area contributed by atoms with Crippen LogP contribution in [0.25, 0.3) is 0 Å². The highest BCUT2D eigenvalue weighted by Crippen LogP contribution is 2.55. The summed E-state index contributed by atoms with van der Waals surface area (Å²) < 4.78 is 17.6. The molecule has 5 heterocycles. The van der Waals surface area contributed by atoms with Gasteiger partial charge >= 0.3 is 0 Å². The molecule has 3 saturated heterocycles. The lowest BCUT2D eigenvalue weighted by Crippen LogP contribution is -2.41. The average molecular weight is 378 g/mol. The number of ether oxygens (including phenoxy) is 3. The highest BCUT2D eigenvalue weighted by Gasteiger charge is 2.63. The van der Waals surface area contributed by atoms with Crippen LogP contribution in [0.5, 0.6) is 11.5 Å². The first kappa shape index (κ1) is 16.4. The molecule has 1 aromatic rings. The van der Waals surface area contributed by atoms with E-state index in [1.807, 2.05) is 10.3 Å². The molecular formula is C18H22N2O5S. The van der Waals surface area contributed by atoms with Gasteiger partial charge in [-0.2, -0.15) is 0 Å². The first-order chi connectivity index (χ1) is 12.6. The number of likely N-dealkylation sites (tertiary alicyclic amines) is 1. The number of rotatable bonds is 3. The minimum absolute atomic E-state index is 0.00384. The summed E-state index contributed by atoms with van der Waals surface area (Å²) in [6.45, 7) is 4.45. The molecule has 7 nitrogen and oxygen atoms in total. The number of nitrogens with one attached hydrogen (secondary N) is 1. The van der Waals surface area contributed by atoms with Crippen LogP contribution in [0, 0.1) is 11.8 Å². The second-order valence-corrected chi connectivity index (χ2v) is 8.49. The molecule has 0 aliphatic carbocycles. The number of carbonyl (C=O) groups excluding carboxylic acids is 2. The van der Waals surface area contributed by atoms with Gasteiger partial charge in [0.25, 0.3) is 5.91 Å². The maximum atomic E-state index is 13.1. The molecule has 0 radical (unpaired) electrons. The fourth-order valence-electron chi connectivity index (χ4n) is 5.03. The van der Waals surface area contributed by atoms with Crippen molar-refractivity contribution in [3.8, 4) is 11.5 Å². The zero-order chi connectivity index (χ0) is 17.9. The summed E-state index contributed by atoms with van der Waals surface area (Å²) >= 11 is 1.38. The van der Waals surface area contributed by atoms with Gasteiger partial charge in [0.05, 0.1) is 18.2 Å². The molecule has 4 aliphatic heterocycles. The molecule has 1 spiro atoms.